The van der Waals surface area contributed by atoms with Gasteiger partial charge in [-0.1, -0.05) is 18.5 Å². The van der Waals surface area contributed by atoms with Crippen molar-refractivity contribution in [3.8, 4) is 0 Å². The van der Waals surface area contributed by atoms with Gasteiger partial charge in [-0.05, 0) is 73.8 Å². The fraction of sp³-hybridized carbons (Fsp3) is 0.481. The van der Waals surface area contributed by atoms with Gasteiger partial charge in [-0.3, -0.25) is 9.59 Å². The third-order valence-corrected chi connectivity index (χ3v) is 11.4. The van der Waals surface area contributed by atoms with E-state index in [0.29, 0.717) is 12.8 Å². The monoisotopic (exact) mass is 582 g/mol. The fourth-order valence-corrected chi connectivity index (χ4v) is 8.71. The molecule has 0 saturated heterocycles. The van der Waals surface area contributed by atoms with Gasteiger partial charge in [-0.15, -0.1) is 0 Å². The van der Waals surface area contributed by atoms with Gasteiger partial charge in [0.15, 0.2) is 21.5 Å². The highest BCUT2D eigenvalue weighted by atomic mass is 35.5. The van der Waals surface area contributed by atoms with Crippen molar-refractivity contribution in [3.63, 3.8) is 0 Å². The number of hydrogen-bond donors (Lipinski definition) is 4. The number of halogens is 3. The number of fused-ring (bicyclic) bond motifs is 2. The van der Waals surface area contributed by atoms with E-state index < -0.39 is 44.3 Å². The smallest absolute Gasteiger partial charge is 0.255 e. The largest absolute Gasteiger partial charge is 0.393 e. The van der Waals surface area contributed by atoms with Crippen molar-refractivity contribution < 1.29 is 37.0 Å². The number of amides is 2. The minimum atomic E-state index is -4.00. The average Bonchev–Trinajstić information content (AvgIpc) is 2.88. The zero-order valence-corrected chi connectivity index (χ0v) is 22.6. The van der Waals surface area contributed by atoms with Crippen LogP contribution in [0.1, 0.15) is 43.0 Å². The second-order valence-corrected chi connectivity index (χ2v) is 13.6. The zero-order chi connectivity index (χ0) is 28.3. The van der Waals surface area contributed by atoms with Crippen LogP contribution in [0.3, 0.4) is 0 Å². The first-order valence-corrected chi connectivity index (χ1v) is 14.7. The van der Waals surface area contributed by atoms with Gasteiger partial charge in [-0.25, -0.2) is 17.2 Å². The zero-order valence-electron chi connectivity index (χ0n) is 21.0. The number of carbonyl (C=O) groups excluding carboxylic acids is 2. The molecule has 39 heavy (non-hydrogen) atoms. The Morgan fingerprint density at radius 3 is 2.33 bits per heavy atom. The van der Waals surface area contributed by atoms with Crippen molar-refractivity contribution in [1.29, 1.82) is 0 Å². The van der Waals surface area contributed by atoms with Crippen LogP contribution >= 0.6 is 11.6 Å². The van der Waals surface area contributed by atoms with E-state index in [2.05, 4.69) is 10.6 Å². The van der Waals surface area contributed by atoms with Gasteiger partial charge >= 0.3 is 0 Å². The highest BCUT2D eigenvalue weighted by molar-refractivity contribution is 7.92. The summed E-state index contributed by atoms with van der Waals surface area (Å²) in [6, 6.07) is 6.65. The summed E-state index contributed by atoms with van der Waals surface area (Å²) in [5.74, 6) is -4.09. The molecule has 4 saturated carbocycles. The molecular weight excluding hydrogens is 554 g/mol. The lowest BCUT2D eigenvalue weighted by Gasteiger charge is -2.62. The van der Waals surface area contributed by atoms with Gasteiger partial charge in [0.05, 0.1) is 26.9 Å². The molecule has 5 atom stereocenters. The molecule has 0 aromatic heterocycles. The number of aliphatic hydroxyl groups excluding tert-OH is 1. The molecule has 2 aromatic rings. The Labute approximate surface area is 229 Å². The lowest BCUT2D eigenvalue weighted by molar-refractivity contribution is -0.213. The number of benzene rings is 2. The van der Waals surface area contributed by atoms with E-state index in [1.807, 2.05) is 6.92 Å². The Morgan fingerprint density at radius 1 is 1.05 bits per heavy atom. The number of nitrogens with one attached hydrogen (secondary N) is 2. The SMILES string of the molecule is CC1C2CC(S(=O)(=O)c3cc(C(=O)Nc4ccc(F)c(F)c4)ccc3Cl)C[C@H]1C2(O)CNC(=O)C1CC(O)C1. The van der Waals surface area contributed by atoms with Crippen molar-refractivity contribution >= 4 is 38.9 Å². The normalized spacial score (nSPS) is 31.5. The molecule has 0 radical (unpaired) electrons. The van der Waals surface area contributed by atoms with E-state index in [1.165, 1.54) is 18.2 Å². The van der Waals surface area contributed by atoms with Crippen molar-refractivity contribution in [1.82, 2.24) is 5.32 Å². The number of carbonyl (C=O) groups is 2. The van der Waals surface area contributed by atoms with Crippen LogP contribution < -0.4 is 10.6 Å². The first kappa shape index (κ1) is 27.9. The number of rotatable bonds is 7. The predicted octanol–water partition coefficient (Wildman–Crippen LogP) is 3.31. The third-order valence-electron chi connectivity index (χ3n) is 8.73. The molecule has 0 spiro atoms. The van der Waals surface area contributed by atoms with E-state index in [0.717, 1.165) is 18.2 Å². The summed E-state index contributed by atoms with van der Waals surface area (Å²) in [5, 5.41) is 25.1. The second-order valence-electron chi connectivity index (χ2n) is 11.0. The van der Waals surface area contributed by atoms with Gasteiger partial charge in [0.2, 0.25) is 5.91 Å². The molecule has 6 rings (SSSR count). The molecule has 2 aromatic carbocycles. The molecule has 4 unspecified atom stereocenters. The molecule has 4 aliphatic rings. The lowest BCUT2D eigenvalue weighted by Crippen LogP contribution is -2.70. The Kier molecular flexibility index (Phi) is 7.24. The van der Waals surface area contributed by atoms with E-state index in [-0.39, 0.29) is 70.1 Å². The predicted molar refractivity (Wildman–Crippen MR) is 139 cm³/mol. The van der Waals surface area contributed by atoms with Gasteiger partial charge in [-0.2, -0.15) is 0 Å². The van der Waals surface area contributed by atoms with Crippen LogP contribution in [-0.2, 0) is 14.6 Å². The molecule has 2 bridgehead atoms. The van der Waals surface area contributed by atoms with Crippen molar-refractivity contribution in [3.05, 3.63) is 58.6 Å². The van der Waals surface area contributed by atoms with Crippen LogP contribution in [-0.4, -0.2) is 53.9 Å². The summed E-state index contributed by atoms with van der Waals surface area (Å²) < 4.78 is 54.0. The van der Waals surface area contributed by atoms with Gasteiger partial charge in [0.1, 0.15) is 0 Å². The van der Waals surface area contributed by atoms with Crippen molar-refractivity contribution in [2.45, 2.75) is 54.5 Å². The summed E-state index contributed by atoms with van der Waals surface area (Å²) in [4.78, 5) is 24.8. The molecule has 4 N–H and O–H groups in total. The highest BCUT2D eigenvalue weighted by Crippen LogP contribution is 2.59. The Morgan fingerprint density at radius 2 is 1.72 bits per heavy atom. The van der Waals surface area contributed by atoms with Crippen LogP contribution in [0.4, 0.5) is 14.5 Å². The summed E-state index contributed by atoms with van der Waals surface area (Å²) in [6.45, 7) is 1.97. The summed E-state index contributed by atoms with van der Waals surface area (Å²) >= 11 is 6.26. The Bertz CT molecular complexity index is 1420. The minimum Gasteiger partial charge on any atom is -0.393 e. The van der Waals surface area contributed by atoms with Crippen LogP contribution in [0.25, 0.3) is 0 Å². The van der Waals surface area contributed by atoms with Crippen LogP contribution in [0.15, 0.2) is 41.3 Å². The van der Waals surface area contributed by atoms with Crippen molar-refractivity contribution in [2.75, 3.05) is 11.9 Å². The minimum absolute atomic E-state index is 0.000485. The van der Waals surface area contributed by atoms with Crippen molar-refractivity contribution in [2.24, 2.45) is 23.7 Å². The quantitative estimate of drug-likeness (QED) is 0.396. The molecule has 2 amide bonds. The van der Waals surface area contributed by atoms with Crippen LogP contribution in [0, 0.1) is 35.3 Å². The maximum atomic E-state index is 13.7. The molecule has 8 nitrogen and oxygen atoms in total. The Balaban J connectivity index is 1.29. The Hall–Kier alpha value is -2.60. The van der Waals surface area contributed by atoms with Gasteiger partial charge < -0.3 is 20.8 Å². The maximum absolute atomic E-state index is 13.7. The molecule has 0 aliphatic heterocycles. The molecule has 0 heterocycles. The second kappa shape index (κ2) is 10.1. The fourth-order valence-electron chi connectivity index (χ4n) is 6.36. The van der Waals surface area contributed by atoms with Crippen LogP contribution in [0.2, 0.25) is 5.02 Å². The summed E-state index contributed by atoms with van der Waals surface area (Å²) in [6.07, 6.45) is 0.644. The number of sulfone groups is 1. The lowest BCUT2D eigenvalue weighted by atomic mass is 9.48. The standard InChI is InChI=1S/C27H29ClF2N2O6S/c1-13-19-10-18(11-20(13)27(19,36)12-31-25(34)15-6-17(33)7-15)39(37,38)24-8-14(2-4-21(24)28)26(35)32-16-3-5-22(29)23(30)9-16/h2-5,8-9,13,15,17-20,33,36H,6-7,10-12H2,1H3,(H,31,34)(H,32,35)/t13?,15?,17?,18?,19-,20?,27?/m1/s1. The first-order valence-electron chi connectivity index (χ1n) is 12.8. The third kappa shape index (κ3) is 4.94. The summed E-state index contributed by atoms with van der Waals surface area (Å²) in [5.41, 5.74) is -1.25. The molecule has 210 valence electrons. The van der Waals surface area contributed by atoms with E-state index in [4.69, 9.17) is 11.6 Å². The molecule has 12 heteroatoms. The van der Waals surface area contributed by atoms with Gasteiger partial charge in [0, 0.05) is 29.8 Å². The first-order chi connectivity index (χ1) is 18.3. The van der Waals surface area contributed by atoms with E-state index >= 15 is 0 Å². The van der Waals surface area contributed by atoms with Gasteiger partial charge in [0.25, 0.3) is 5.91 Å². The van der Waals surface area contributed by atoms with E-state index in [9.17, 15) is 37.0 Å². The number of aliphatic hydroxyl groups is 2. The topological polar surface area (TPSA) is 133 Å². The summed E-state index contributed by atoms with van der Waals surface area (Å²) in [7, 11) is -4.00. The average molecular weight is 583 g/mol. The number of hydrogen-bond acceptors (Lipinski definition) is 6. The van der Waals surface area contributed by atoms with E-state index in [1.54, 1.807) is 0 Å². The maximum Gasteiger partial charge on any atom is 0.255 e. The van der Waals surface area contributed by atoms with Crippen LogP contribution in [0.5, 0.6) is 0 Å². The number of anilines is 1. The highest BCUT2D eigenvalue weighted by Gasteiger charge is 2.64. The molecule has 4 aliphatic carbocycles. The molecule has 4 fully saturated rings. The molecular formula is C27H29ClF2N2O6S.